The van der Waals surface area contributed by atoms with Gasteiger partial charge in [0.15, 0.2) is 0 Å². The van der Waals surface area contributed by atoms with E-state index < -0.39 is 12.2 Å². The molecule has 0 saturated carbocycles. The topological polar surface area (TPSA) is 121 Å². The molecule has 0 aliphatic rings. The molecule has 2 unspecified atom stereocenters. The quantitative estimate of drug-likeness (QED) is 0.401. The lowest BCUT2D eigenvalue weighted by atomic mass is 10.1. The highest BCUT2D eigenvalue weighted by molar-refractivity contribution is 5.38. The molecule has 0 bridgehead atoms. The maximum Gasteiger partial charge on any atom is 0.124 e. The van der Waals surface area contributed by atoms with E-state index in [4.69, 9.17) is 11.5 Å². The molecule has 13 heavy (non-hydrogen) atoms. The van der Waals surface area contributed by atoms with Gasteiger partial charge in [-0.25, -0.2) is 0 Å². The molecule has 1 aromatic rings. The number of hydrogen-bond donors (Lipinski definition) is 5. The molecule has 0 aromatic carbocycles. The first-order valence-corrected chi connectivity index (χ1v) is 4.01. The Hall–Kier alpha value is -1.11. The van der Waals surface area contributed by atoms with Crippen LogP contribution >= 0.6 is 0 Å². The average Bonchev–Trinajstić information content (AvgIpc) is 2.50. The van der Waals surface area contributed by atoms with E-state index in [9.17, 15) is 10.2 Å². The van der Waals surface area contributed by atoms with E-state index in [0.717, 1.165) is 0 Å². The third-order valence-electron chi connectivity index (χ3n) is 1.85. The van der Waals surface area contributed by atoms with E-state index >= 15 is 0 Å². The van der Waals surface area contributed by atoms with Gasteiger partial charge in [0.1, 0.15) is 11.9 Å². The third kappa shape index (κ3) is 2.18. The molecule has 7 N–H and O–H groups in total. The maximum atomic E-state index is 9.54. The molecule has 0 spiro atoms. The molecule has 0 aliphatic heterocycles. The predicted molar refractivity (Wildman–Crippen MR) is 47.6 cm³/mol. The van der Waals surface area contributed by atoms with Crippen molar-refractivity contribution in [2.45, 2.75) is 18.6 Å². The van der Waals surface area contributed by atoms with Gasteiger partial charge >= 0.3 is 0 Å². The molecule has 1 rings (SSSR count). The normalized spacial score (nSPS) is 15.6. The minimum Gasteiger partial charge on any atom is -0.390 e. The molecular formula is C7H14N4O2. The first-order valence-electron chi connectivity index (χ1n) is 4.01. The van der Waals surface area contributed by atoms with Gasteiger partial charge in [-0.05, 0) is 13.0 Å². The second kappa shape index (κ2) is 4.22. The number of hydrogen-bond acceptors (Lipinski definition) is 5. The van der Waals surface area contributed by atoms with Gasteiger partial charge in [-0.15, -0.1) is 0 Å². The van der Waals surface area contributed by atoms with Crippen LogP contribution in [0.15, 0.2) is 6.20 Å². The molecule has 0 aliphatic carbocycles. The van der Waals surface area contributed by atoms with Gasteiger partial charge in [-0.1, -0.05) is 0 Å². The summed E-state index contributed by atoms with van der Waals surface area (Å²) in [6, 6.07) is 0. The number of nitrogens with one attached hydrogen (secondary N) is 1. The number of aliphatic hydroxyl groups is 2. The van der Waals surface area contributed by atoms with Crippen molar-refractivity contribution >= 4 is 5.82 Å². The SMILES string of the molecule is NCCC(O)C(O)c1cn[nH]c1N. The smallest absolute Gasteiger partial charge is 0.124 e. The molecule has 1 heterocycles. The largest absolute Gasteiger partial charge is 0.390 e. The van der Waals surface area contributed by atoms with E-state index in [-0.39, 0.29) is 5.82 Å². The highest BCUT2D eigenvalue weighted by Crippen LogP contribution is 2.21. The van der Waals surface area contributed by atoms with Crippen LogP contribution in [0.3, 0.4) is 0 Å². The maximum absolute atomic E-state index is 9.54. The number of H-pyrrole nitrogens is 1. The number of rotatable bonds is 4. The average molecular weight is 186 g/mol. The van der Waals surface area contributed by atoms with Gasteiger partial charge < -0.3 is 21.7 Å². The Morgan fingerprint density at radius 2 is 2.23 bits per heavy atom. The monoisotopic (exact) mass is 186 g/mol. The number of anilines is 1. The van der Waals surface area contributed by atoms with Gasteiger partial charge in [-0.3, -0.25) is 5.10 Å². The van der Waals surface area contributed by atoms with Crippen LogP contribution in [0.25, 0.3) is 0 Å². The second-order valence-corrected chi connectivity index (χ2v) is 2.83. The number of nitrogens with two attached hydrogens (primary N) is 2. The van der Waals surface area contributed by atoms with Crippen molar-refractivity contribution in [3.8, 4) is 0 Å². The van der Waals surface area contributed by atoms with Crippen molar-refractivity contribution in [1.29, 1.82) is 0 Å². The summed E-state index contributed by atoms with van der Waals surface area (Å²) in [7, 11) is 0. The summed E-state index contributed by atoms with van der Waals surface area (Å²) in [5.74, 6) is 0.267. The van der Waals surface area contributed by atoms with E-state index in [2.05, 4.69) is 10.2 Å². The Morgan fingerprint density at radius 3 is 2.69 bits per heavy atom. The van der Waals surface area contributed by atoms with E-state index in [1.165, 1.54) is 6.20 Å². The van der Waals surface area contributed by atoms with Gasteiger partial charge in [0.25, 0.3) is 0 Å². The summed E-state index contributed by atoms with van der Waals surface area (Å²) in [4.78, 5) is 0. The van der Waals surface area contributed by atoms with E-state index in [0.29, 0.717) is 18.5 Å². The van der Waals surface area contributed by atoms with Crippen molar-refractivity contribution in [2.75, 3.05) is 12.3 Å². The Bertz CT molecular complexity index is 263. The van der Waals surface area contributed by atoms with Gasteiger partial charge in [0.2, 0.25) is 0 Å². The Morgan fingerprint density at radius 1 is 1.54 bits per heavy atom. The number of nitrogen functional groups attached to an aromatic ring is 1. The summed E-state index contributed by atoms with van der Waals surface area (Å²) >= 11 is 0. The van der Waals surface area contributed by atoms with Crippen molar-refractivity contribution < 1.29 is 10.2 Å². The van der Waals surface area contributed by atoms with Crippen molar-refractivity contribution in [3.05, 3.63) is 11.8 Å². The van der Waals surface area contributed by atoms with Crippen molar-refractivity contribution in [1.82, 2.24) is 10.2 Å². The standard InChI is InChI=1S/C7H14N4O2/c8-2-1-5(12)6(13)4-3-10-11-7(4)9/h3,5-6,12-13H,1-2,8H2,(H3,9,10,11). The van der Waals surface area contributed by atoms with Crippen molar-refractivity contribution in [3.63, 3.8) is 0 Å². The Labute approximate surface area is 75.6 Å². The zero-order chi connectivity index (χ0) is 9.84. The fraction of sp³-hybridized carbons (Fsp3) is 0.571. The molecular weight excluding hydrogens is 172 g/mol. The summed E-state index contributed by atoms with van der Waals surface area (Å²) < 4.78 is 0. The highest BCUT2D eigenvalue weighted by atomic mass is 16.3. The molecule has 0 saturated heterocycles. The molecule has 0 fully saturated rings. The predicted octanol–water partition coefficient (Wildman–Crippen LogP) is -1.26. The first-order chi connectivity index (χ1) is 6.16. The number of aromatic nitrogens is 2. The van der Waals surface area contributed by atoms with Crippen LogP contribution in [0.2, 0.25) is 0 Å². The minimum absolute atomic E-state index is 0.267. The molecule has 6 heteroatoms. The molecule has 6 nitrogen and oxygen atoms in total. The fourth-order valence-corrected chi connectivity index (χ4v) is 1.08. The van der Waals surface area contributed by atoms with E-state index in [1.807, 2.05) is 0 Å². The molecule has 74 valence electrons. The summed E-state index contributed by atoms with van der Waals surface area (Å²) in [5, 5.41) is 25.0. The highest BCUT2D eigenvalue weighted by Gasteiger charge is 2.20. The zero-order valence-corrected chi connectivity index (χ0v) is 7.14. The molecule has 1 aromatic heterocycles. The zero-order valence-electron chi connectivity index (χ0n) is 7.14. The summed E-state index contributed by atoms with van der Waals surface area (Å²) in [6.07, 6.45) is -0.210. The Kier molecular flexibility index (Phi) is 3.24. The van der Waals surface area contributed by atoms with Crippen LogP contribution < -0.4 is 11.5 Å². The number of nitrogens with zero attached hydrogens (tertiary/aromatic N) is 1. The molecule has 0 amide bonds. The minimum atomic E-state index is -1.03. The summed E-state index contributed by atoms with van der Waals surface area (Å²) in [6.45, 7) is 0.315. The van der Waals surface area contributed by atoms with Crippen LogP contribution in [0, 0.1) is 0 Å². The van der Waals surface area contributed by atoms with Crippen LogP contribution in [0.5, 0.6) is 0 Å². The van der Waals surface area contributed by atoms with Gasteiger partial charge in [0.05, 0.1) is 12.3 Å². The molecule has 0 radical (unpaired) electrons. The number of aromatic amines is 1. The van der Waals surface area contributed by atoms with Crippen molar-refractivity contribution in [2.24, 2.45) is 5.73 Å². The third-order valence-corrected chi connectivity index (χ3v) is 1.85. The van der Waals surface area contributed by atoms with Crippen LogP contribution in [0.1, 0.15) is 18.1 Å². The van der Waals surface area contributed by atoms with Crippen LogP contribution in [-0.4, -0.2) is 33.1 Å². The lowest BCUT2D eigenvalue weighted by Gasteiger charge is -2.15. The molecule has 2 atom stereocenters. The first kappa shape index (κ1) is 9.97. The fourth-order valence-electron chi connectivity index (χ4n) is 1.08. The van der Waals surface area contributed by atoms with Crippen LogP contribution in [0.4, 0.5) is 5.82 Å². The summed E-state index contributed by atoms with van der Waals surface area (Å²) in [5.41, 5.74) is 11.1. The van der Waals surface area contributed by atoms with Gasteiger partial charge in [-0.2, -0.15) is 5.10 Å². The lowest BCUT2D eigenvalue weighted by Crippen LogP contribution is -2.22. The Balaban J connectivity index is 2.67. The van der Waals surface area contributed by atoms with Crippen LogP contribution in [-0.2, 0) is 0 Å². The van der Waals surface area contributed by atoms with E-state index in [1.54, 1.807) is 0 Å². The second-order valence-electron chi connectivity index (χ2n) is 2.83. The lowest BCUT2D eigenvalue weighted by molar-refractivity contribution is 0.0154. The van der Waals surface area contributed by atoms with Gasteiger partial charge in [0, 0.05) is 5.56 Å². The number of aliphatic hydroxyl groups excluding tert-OH is 2.